The zero-order valence-electron chi connectivity index (χ0n) is 24.4. The molecule has 0 unspecified atom stereocenters. The van der Waals surface area contributed by atoms with Gasteiger partial charge >= 0.3 is 5.97 Å². The maximum Gasteiger partial charge on any atom is 0.338 e. The minimum atomic E-state index is -0.798. The van der Waals surface area contributed by atoms with Gasteiger partial charge in [-0.05, 0) is 70.2 Å². The van der Waals surface area contributed by atoms with Crippen LogP contribution in [0.5, 0.6) is 11.5 Å². The maximum absolute atomic E-state index is 14.2. The third-order valence-electron chi connectivity index (χ3n) is 6.75. The van der Waals surface area contributed by atoms with Crippen molar-refractivity contribution in [2.24, 2.45) is 4.99 Å². The van der Waals surface area contributed by atoms with Crippen LogP contribution in [0.25, 0.3) is 6.08 Å². The van der Waals surface area contributed by atoms with Crippen molar-refractivity contribution in [3.63, 3.8) is 0 Å². The summed E-state index contributed by atoms with van der Waals surface area (Å²) in [5.74, 6) is 0.596. The first-order chi connectivity index (χ1) is 21.1. The number of benzene rings is 3. The first kappa shape index (κ1) is 32.0. The van der Waals surface area contributed by atoms with E-state index < -0.39 is 12.0 Å². The molecule has 0 aliphatic carbocycles. The van der Waals surface area contributed by atoms with Gasteiger partial charge in [-0.25, -0.2) is 9.79 Å². The van der Waals surface area contributed by atoms with Gasteiger partial charge in [0.25, 0.3) is 5.56 Å². The number of ether oxygens (including phenoxy) is 3. The number of para-hydroxylation sites is 1. The van der Waals surface area contributed by atoms with Gasteiger partial charge in [-0.3, -0.25) is 9.36 Å². The van der Waals surface area contributed by atoms with Crippen molar-refractivity contribution >= 4 is 62.5 Å². The normalized spacial score (nSPS) is 14.8. The summed E-state index contributed by atoms with van der Waals surface area (Å²) in [6.45, 7) is 7.73. The summed E-state index contributed by atoms with van der Waals surface area (Å²) in [5, 5.41) is 1.04. The monoisotopic (exact) mass is 714 g/mol. The number of carbonyl (C=O) groups is 1. The second-order valence-electron chi connectivity index (χ2n) is 10.2. The Morgan fingerprint density at radius 2 is 1.89 bits per heavy atom. The average molecular weight is 716 g/mol. The van der Waals surface area contributed by atoms with Crippen LogP contribution in [0.1, 0.15) is 50.4 Å². The summed E-state index contributed by atoms with van der Waals surface area (Å²) in [7, 11) is 0. The molecule has 1 aliphatic rings. The van der Waals surface area contributed by atoms with E-state index in [2.05, 4.69) is 20.9 Å². The van der Waals surface area contributed by atoms with Gasteiger partial charge in [0.1, 0.15) is 24.1 Å². The van der Waals surface area contributed by atoms with Crippen LogP contribution < -0.4 is 24.4 Å². The van der Waals surface area contributed by atoms with Gasteiger partial charge in [0, 0.05) is 31.2 Å². The topological polar surface area (TPSA) is 79.1 Å². The molecule has 0 N–H and O–H groups in total. The summed E-state index contributed by atoms with van der Waals surface area (Å²) in [5.41, 5.74) is 2.57. The Hall–Kier alpha value is -3.37. The number of halogens is 3. The smallest absolute Gasteiger partial charge is 0.338 e. The van der Waals surface area contributed by atoms with Crippen LogP contribution in [0.15, 0.2) is 86.2 Å². The number of fused-ring (bicyclic) bond motifs is 1. The van der Waals surface area contributed by atoms with Gasteiger partial charge in [0.15, 0.2) is 4.80 Å². The van der Waals surface area contributed by atoms with Crippen LogP contribution in [0.2, 0.25) is 10.0 Å². The summed E-state index contributed by atoms with van der Waals surface area (Å²) < 4.78 is 20.5. The van der Waals surface area contributed by atoms with E-state index >= 15 is 0 Å². The number of aromatic nitrogens is 1. The molecule has 3 aromatic carbocycles. The average Bonchev–Trinajstić information content (AvgIpc) is 3.26. The number of allylic oxidation sites excluding steroid dienone is 1. The lowest BCUT2D eigenvalue weighted by atomic mass is 9.95. The van der Waals surface area contributed by atoms with Crippen molar-refractivity contribution in [1.29, 1.82) is 0 Å². The SMILES string of the molecule is CCOC(=O)C1=C(C)N=c2s/c(=C/c3cc(Br)ccc3OCc3ccc(Cl)cc3Cl)c(=O)n2[C@@H]1c1ccccc1OC(C)C. The molecule has 1 aromatic heterocycles. The van der Waals surface area contributed by atoms with Crippen LogP contribution in [-0.2, 0) is 16.1 Å². The maximum atomic E-state index is 14.2. The van der Waals surface area contributed by atoms with Gasteiger partial charge in [-0.2, -0.15) is 0 Å². The van der Waals surface area contributed by atoms with Crippen molar-refractivity contribution < 1.29 is 19.0 Å². The molecular formula is C33H29BrCl2N2O5S. The van der Waals surface area contributed by atoms with Crippen molar-refractivity contribution in [2.75, 3.05) is 6.61 Å². The van der Waals surface area contributed by atoms with Crippen molar-refractivity contribution in [3.8, 4) is 11.5 Å². The number of thiazole rings is 1. The quantitative estimate of drug-likeness (QED) is 0.171. The molecule has 0 radical (unpaired) electrons. The molecule has 11 heteroatoms. The van der Waals surface area contributed by atoms with E-state index in [9.17, 15) is 9.59 Å². The second kappa shape index (κ2) is 13.7. The fourth-order valence-corrected chi connectivity index (χ4v) is 6.73. The van der Waals surface area contributed by atoms with Crippen LogP contribution in [0.3, 0.4) is 0 Å². The first-order valence-corrected chi connectivity index (χ1v) is 16.3. The molecule has 0 saturated carbocycles. The van der Waals surface area contributed by atoms with Crippen molar-refractivity contribution in [2.45, 2.75) is 46.4 Å². The first-order valence-electron chi connectivity index (χ1n) is 13.9. The van der Waals surface area contributed by atoms with Crippen LogP contribution in [-0.4, -0.2) is 23.2 Å². The highest BCUT2D eigenvalue weighted by atomic mass is 79.9. The van der Waals surface area contributed by atoms with Crippen LogP contribution in [0.4, 0.5) is 0 Å². The summed E-state index contributed by atoms with van der Waals surface area (Å²) >= 11 is 17.2. The summed E-state index contributed by atoms with van der Waals surface area (Å²) in [4.78, 5) is 32.7. The molecule has 1 aliphatic heterocycles. The fraction of sp³-hybridized carbons (Fsp3) is 0.242. The number of hydrogen-bond donors (Lipinski definition) is 0. The van der Waals surface area contributed by atoms with Gasteiger partial charge in [0.2, 0.25) is 0 Å². The zero-order valence-corrected chi connectivity index (χ0v) is 28.3. The lowest BCUT2D eigenvalue weighted by Gasteiger charge is -2.26. The third-order valence-corrected chi connectivity index (χ3v) is 8.81. The van der Waals surface area contributed by atoms with E-state index in [4.69, 9.17) is 37.4 Å². The molecule has 4 aromatic rings. The van der Waals surface area contributed by atoms with Crippen molar-refractivity contribution in [3.05, 3.63) is 123 Å². The second-order valence-corrected chi connectivity index (χ2v) is 13.0. The van der Waals surface area contributed by atoms with Gasteiger partial charge < -0.3 is 14.2 Å². The van der Waals surface area contributed by atoms with Gasteiger partial charge in [-0.1, -0.05) is 74.7 Å². The highest BCUT2D eigenvalue weighted by Gasteiger charge is 2.35. The van der Waals surface area contributed by atoms with Crippen molar-refractivity contribution in [1.82, 2.24) is 4.57 Å². The molecule has 7 nitrogen and oxygen atoms in total. The molecule has 0 saturated heterocycles. The molecule has 44 heavy (non-hydrogen) atoms. The highest BCUT2D eigenvalue weighted by molar-refractivity contribution is 9.10. The Bertz CT molecular complexity index is 1950. The van der Waals surface area contributed by atoms with Gasteiger partial charge in [-0.15, -0.1) is 0 Å². The standard InChI is InChI=1S/C33H29BrCl2N2O5S/c1-5-41-32(40)29-19(4)37-33-38(30(29)24-8-6-7-9-27(24)43-18(2)3)31(39)28(44-33)15-21-14-22(34)11-13-26(21)42-17-20-10-12-23(35)16-25(20)36/h6-16,18,30H,5,17H2,1-4H3/b28-15+/t30-/m1/s1. The van der Waals surface area contributed by atoms with Crippen LogP contribution >= 0.6 is 50.5 Å². The van der Waals surface area contributed by atoms with Gasteiger partial charge in [0.05, 0.1) is 28.5 Å². The van der Waals surface area contributed by atoms with E-state index in [1.807, 2.05) is 62.4 Å². The predicted octanol–water partition coefficient (Wildman–Crippen LogP) is 7.23. The number of nitrogens with zero attached hydrogens (tertiary/aromatic N) is 2. The Kier molecular flexibility index (Phi) is 10.00. The highest BCUT2D eigenvalue weighted by Crippen LogP contribution is 2.36. The van der Waals surface area contributed by atoms with E-state index in [-0.39, 0.29) is 30.5 Å². The molecule has 0 bridgehead atoms. The number of esters is 1. The fourth-order valence-electron chi connectivity index (χ4n) is 4.85. The van der Waals surface area contributed by atoms with E-state index in [1.165, 1.54) is 11.3 Å². The lowest BCUT2D eigenvalue weighted by Crippen LogP contribution is -2.40. The number of hydrogen-bond acceptors (Lipinski definition) is 7. The molecule has 0 spiro atoms. The summed E-state index contributed by atoms with van der Waals surface area (Å²) in [6.07, 6.45) is 1.64. The lowest BCUT2D eigenvalue weighted by molar-refractivity contribution is -0.139. The Morgan fingerprint density at radius 3 is 2.61 bits per heavy atom. The molecule has 1 atom stereocenters. The Balaban J connectivity index is 1.64. The Morgan fingerprint density at radius 1 is 1.11 bits per heavy atom. The van der Waals surface area contributed by atoms with Crippen LogP contribution in [0, 0.1) is 0 Å². The molecular weight excluding hydrogens is 687 g/mol. The van der Waals surface area contributed by atoms with E-state index in [1.54, 1.807) is 36.6 Å². The molecule has 0 amide bonds. The molecule has 228 valence electrons. The number of carbonyl (C=O) groups excluding carboxylic acids is 1. The summed E-state index contributed by atoms with van der Waals surface area (Å²) in [6, 6.07) is 17.4. The zero-order chi connectivity index (χ0) is 31.5. The molecule has 0 fully saturated rings. The van der Waals surface area contributed by atoms with E-state index in [0.717, 1.165) is 10.0 Å². The largest absolute Gasteiger partial charge is 0.491 e. The Labute approximate surface area is 277 Å². The number of rotatable bonds is 9. The van der Waals surface area contributed by atoms with E-state index in [0.29, 0.717) is 47.7 Å². The third kappa shape index (κ3) is 6.81. The molecule has 2 heterocycles. The molecule has 5 rings (SSSR count). The minimum Gasteiger partial charge on any atom is -0.491 e. The minimum absolute atomic E-state index is 0.124. The predicted molar refractivity (Wildman–Crippen MR) is 178 cm³/mol.